The van der Waals surface area contributed by atoms with Gasteiger partial charge < -0.3 is 18.9 Å². The van der Waals surface area contributed by atoms with Gasteiger partial charge in [-0.3, -0.25) is 0 Å². The third-order valence-electron chi connectivity index (χ3n) is 3.17. The van der Waals surface area contributed by atoms with Gasteiger partial charge in [-0.1, -0.05) is 0 Å². The summed E-state index contributed by atoms with van der Waals surface area (Å²) in [7, 11) is 4.66. The fourth-order valence-corrected chi connectivity index (χ4v) is 2.78. The van der Waals surface area contributed by atoms with E-state index < -0.39 is 0 Å². The highest BCUT2D eigenvalue weighted by Crippen LogP contribution is 2.40. The summed E-state index contributed by atoms with van der Waals surface area (Å²) < 4.78 is 21.7. The van der Waals surface area contributed by atoms with Crippen LogP contribution in [0.4, 0.5) is 0 Å². The summed E-state index contributed by atoms with van der Waals surface area (Å²) in [6.45, 7) is 0.452. The van der Waals surface area contributed by atoms with Crippen LogP contribution in [0, 0.1) is 11.5 Å². The van der Waals surface area contributed by atoms with Crippen molar-refractivity contribution in [3.05, 3.63) is 22.2 Å². The molecule has 1 fully saturated rings. The van der Waals surface area contributed by atoms with E-state index in [9.17, 15) is 5.26 Å². The van der Waals surface area contributed by atoms with Crippen molar-refractivity contribution in [2.45, 2.75) is 6.04 Å². The smallest absolute Gasteiger partial charge is 0.304 e. The van der Waals surface area contributed by atoms with E-state index in [0.29, 0.717) is 18.1 Å². The Morgan fingerprint density at radius 2 is 2.18 bits per heavy atom. The number of halogens is 1. The molecule has 8 heteroatoms. The Balaban J connectivity index is 2.36. The first-order valence-electron chi connectivity index (χ1n) is 6.42. The maximum Gasteiger partial charge on any atom is 0.304 e. The van der Waals surface area contributed by atoms with Crippen molar-refractivity contribution in [2.75, 3.05) is 34.7 Å². The lowest BCUT2D eigenvalue weighted by Crippen LogP contribution is -2.24. The van der Waals surface area contributed by atoms with E-state index in [1.54, 1.807) is 14.2 Å². The van der Waals surface area contributed by atoms with Crippen LogP contribution in [0.3, 0.4) is 0 Å². The van der Waals surface area contributed by atoms with E-state index in [2.05, 4.69) is 27.1 Å². The van der Waals surface area contributed by atoms with E-state index in [1.165, 1.54) is 12.0 Å². The second kappa shape index (κ2) is 7.33. The van der Waals surface area contributed by atoms with E-state index in [-0.39, 0.29) is 18.8 Å². The molecular weight excluding hydrogens is 354 g/mol. The van der Waals surface area contributed by atoms with Gasteiger partial charge in [0.1, 0.15) is 19.4 Å². The Bertz CT molecular complexity index is 615. The third-order valence-corrected chi connectivity index (χ3v) is 3.75. The zero-order valence-electron chi connectivity index (χ0n) is 12.5. The number of rotatable bonds is 5. The van der Waals surface area contributed by atoms with E-state index in [4.69, 9.17) is 18.9 Å². The summed E-state index contributed by atoms with van der Waals surface area (Å²) in [5, 5.41) is 9.37. The number of nitrogens with zero attached hydrogens (tertiary/aromatic N) is 3. The highest BCUT2D eigenvalue weighted by atomic mass is 79.9. The van der Waals surface area contributed by atoms with Gasteiger partial charge in [0.2, 0.25) is 0 Å². The van der Waals surface area contributed by atoms with Crippen molar-refractivity contribution in [1.82, 2.24) is 4.90 Å². The average Bonchev–Trinajstić information content (AvgIpc) is 2.94. The molecule has 1 heterocycles. The van der Waals surface area contributed by atoms with E-state index in [0.717, 1.165) is 10.0 Å². The quantitative estimate of drug-likeness (QED) is 0.741. The van der Waals surface area contributed by atoms with Crippen molar-refractivity contribution < 1.29 is 18.9 Å². The molecule has 1 atom stereocenters. The normalized spacial score (nSPS) is 19.0. The summed E-state index contributed by atoms with van der Waals surface area (Å²) in [5.74, 6) is 1.17. The van der Waals surface area contributed by atoms with Crippen molar-refractivity contribution in [2.24, 2.45) is 4.99 Å². The molecule has 0 bridgehead atoms. The SMILES string of the molecule is COCN=C1OCC(c2cc(Br)c(OC)c(OC)c2)N1C#N. The van der Waals surface area contributed by atoms with Gasteiger partial charge >= 0.3 is 6.02 Å². The molecule has 1 aromatic carbocycles. The molecule has 0 saturated carbocycles. The number of nitriles is 1. The summed E-state index contributed by atoms with van der Waals surface area (Å²) in [4.78, 5) is 5.49. The number of hydrogen-bond acceptors (Lipinski definition) is 6. The molecule has 0 amide bonds. The topological polar surface area (TPSA) is 76.3 Å². The Labute approximate surface area is 137 Å². The van der Waals surface area contributed by atoms with Gasteiger partial charge in [0, 0.05) is 7.11 Å². The molecule has 7 nitrogen and oxygen atoms in total. The second-order valence-electron chi connectivity index (χ2n) is 4.39. The van der Waals surface area contributed by atoms with Crippen LogP contribution in [0.1, 0.15) is 11.6 Å². The Hall–Kier alpha value is -1.98. The van der Waals surface area contributed by atoms with Crippen LogP contribution in [0.2, 0.25) is 0 Å². The number of aliphatic imine (C=N–C) groups is 1. The van der Waals surface area contributed by atoms with Crippen molar-refractivity contribution >= 4 is 22.0 Å². The van der Waals surface area contributed by atoms with Gasteiger partial charge in [-0.05, 0) is 33.6 Å². The molecule has 0 radical (unpaired) electrons. The second-order valence-corrected chi connectivity index (χ2v) is 5.25. The minimum atomic E-state index is -0.281. The Morgan fingerprint density at radius 3 is 2.77 bits per heavy atom. The molecule has 22 heavy (non-hydrogen) atoms. The molecule has 1 aliphatic rings. The molecule has 0 N–H and O–H groups in total. The molecule has 1 aliphatic heterocycles. The zero-order chi connectivity index (χ0) is 16.1. The van der Waals surface area contributed by atoms with Gasteiger partial charge in [0.25, 0.3) is 0 Å². The predicted molar refractivity (Wildman–Crippen MR) is 82.7 cm³/mol. The first-order valence-corrected chi connectivity index (χ1v) is 7.22. The number of hydrogen-bond donors (Lipinski definition) is 0. The van der Waals surface area contributed by atoms with Crippen LogP contribution in [-0.4, -0.2) is 45.6 Å². The maximum absolute atomic E-state index is 9.37. The fourth-order valence-electron chi connectivity index (χ4n) is 2.16. The van der Waals surface area contributed by atoms with Gasteiger partial charge in [-0.15, -0.1) is 0 Å². The highest BCUT2D eigenvalue weighted by Gasteiger charge is 2.34. The molecule has 0 aromatic heterocycles. The molecular formula is C14H16BrN3O4. The number of methoxy groups -OCH3 is 3. The lowest BCUT2D eigenvalue weighted by molar-refractivity contribution is 0.204. The molecule has 0 spiro atoms. The third kappa shape index (κ3) is 3.10. The summed E-state index contributed by atoms with van der Waals surface area (Å²) in [6.07, 6.45) is 2.09. The van der Waals surface area contributed by atoms with E-state index >= 15 is 0 Å². The van der Waals surface area contributed by atoms with Crippen LogP contribution >= 0.6 is 15.9 Å². The monoisotopic (exact) mass is 369 g/mol. The largest absolute Gasteiger partial charge is 0.493 e. The summed E-state index contributed by atoms with van der Waals surface area (Å²) in [5.41, 5.74) is 0.855. The first-order chi connectivity index (χ1) is 10.7. The molecule has 0 aliphatic carbocycles. The lowest BCUT2D eigenvalue weighted by atomic mass is 10.1. The fraction of sp³-hybridized carbons (Fsp3) is 0.429. The summed E-state index contributed by atoms with van der Waals surface area (Å²) >= 11 is 3.45. The molecule has 118 valence electrons. The molecule has 1 unspecified atom stereocenters. The van der Waals surface area contributed by atoms with Crippen LogP contribution in [-0.2, 0) is 9.47 Å². The van der Waals surface area contributed by atoms with Gasteiger partial charge in [-0.2, -0.15) is 5.26 Å². The van der Waals surface area contributed by atoms with Crippen molar-refractivity contribution in [3.8, 4) is 17.7 Å². The first kappa shape index (κ1) is 16.4. The van der Waals surface area contributed by atoms with Gasteiger partial charge in [0.05, 0.1) is 18.7 Å². The van der Waals surface area contributed by atoms with Gasteiger partial charge in [-0.25, -0.2) is 9.89 Å². The predicted octanol–water partition coefficient (Wildman–Crippen LogP) is 2.28. The van der Waals surface area contributed by atoms with Crippen molar-refractivity contribution in [3.63, 3.8) is 0 Å². The standard InChI is InChI=1S/C14H16BrN3O4/c1-19-8-17-14-18(7-16)11(6-22-14)9-4-10(15)13(21-3)12(5-9)20-2/h4-5,11H,6,8H2,1-3H3. The Morgan fingerprint density at radius 1 is 1.41 bits per heavy atom. The van der Waals surface area contributed by atoms with Crippen LogP contribution in [0.25, 0.3) is 0 Å². The molecule has 1 aromatic rings. The van der Waals surface area contributed by atoms with E-state index in [1.807, 2.05) is 12.1 Å². The van der Waals surface area contributed by atoms with Crippen molar-refractivity contribution in [1.29, 1.82) is 5.26 Å². The number of benzene rings is 1. The lowest BCUT2D eigenvalue weighted by Gasteiger charge is -2.18. The maximum atomic E-state index is 9.37. The number of amidine groups is 1. The Kier molecular flexibility index (Phi) is 5.46. The van der Waals surface area contributed by atoms with Crippen LogP contribution < -0.4 is 9.47 Å². The number of ether oxygens (including phenoxy) is 4. The molecule has 1 saturated heterocycles. The van der Waals surface area contributed by atoms with Gasteiger partial charge in [0.15, 0.2) is 17.7 Å². The molecule has 2 rings (SSSR count). The highest BCUT2D eigenvalue weighted by molar-refractivity contribution is 9.10. The minimum Gasteiger partial charge on any atom is -0.493 e. The minimum absolute atomic E-state index is 0.135. The average molecular weight is 370 g/mol. The van der Waals surface area contributed by atoms with Crippen LogP contribution in [0.15, 0.2) is 21.6 Å². The zero-order valence-corrected chi connectivity index (χ0v) is 14.1. The van der Waals surface area contributed by atoms with Crippen LogP contribution in [0.5, 0.6) is 11.5 Å². The summed E-state index contributed by atoms with van der Waals surface area (Å²) in [6, 6.07) is 3.66.